The Labute approximate surface area is 106 Å². The van der Waals surface area contributed by atoms with Crippen LogP contribution >= 0.6 is 0 Å². The molecule has 0 saturated carbocycles. The summed E-state index contributed by atoms with van der Waals surface area (Å²) in [5, 5.41) is 3.19. The second-order valence-electron chi connectivity index (χ2n) is 4.96. The zero-order chi connectivity index (χ0) is 13.2. The molecule has 100 valence electrons. The van der Waals surface area contributed by atoms with E-state index < -0.39 is 11.5 Å². The van der Waals surface area contributed by atoms with Gasteiger partial charge in [-0.05, 0) is 44.5 Å². The Balaban J connectivity index is 2.35. The maximum absolute atomic E-state index is 15.0. The standard InChI is InChI=1S/C14H19F2NO/c1-14(16,10-4-3-7-17-9-10)12-8-11(15)5-6-13(12)18-2/h5-6,8,10,17H,3-4,7,9H2,1-2H3. The van der Waals surface area contributed by atoms with Gasteiger partial charge in [-0.25, -0.2) is 8.78 Å². The zero-order valence-electron chi connectivity index (χ0n) is 10.8. The predicted molar refractivity (Wildman–Crippen MR) is 67.0 cm³/mol. The van der Waals surface area contributed by atoms with E-state index in [2.05, 4.69) is 5.32 Å². The topological polar surface area (TPSA) is 21.3 Å². The largest absolute Gasteiger partial charge is 0.496 e. The van der Waals surface area contributed by atoms with Gasteiger partial charge in [0.25, 0.3) is 0 Å². The summed E-state index contributed by atoms with van der Waals surface area (Å²) < 4.78 is 33.5. The van der Waals surface area contributed by atoms with Crippen LogP contribution in [0.3, 0.4) is 0 Å². The van der Waals surface area contributed by atoms with E-state index in [4.69, 9.17) is 4.74 Å². The first-order valence-electron chi connectivity index (χ1n) is 6.29. The summed E-state index contributed by atoms with van der Waals surface area (Å²) in [4.78, 5) is 0. The van der Waals surface area contributed by atoms with Gasteiger partial charge in [-0.3, -0.25) is 0 Å². The molecule has 4 heteroatoms. The van der Waals surface area contributed by atoms with Crippen LogP contribution in [-0.4, -0.2) is 20.2 Å². The molecular weight excluding hydrogens is 236 g/mol. The number of hydrogen-bond donors (Lipinski definition) is 1. The van der Waals surface area contributed by atoms with E-state index in [1.54, 1.807) is 0 Å². The average Bonchev–Trinajstić information content (AvgIpc) is 2.39. The minimum atomic E-state index is -1.58. The van der Waals surface area contributed by atoms with Crippen molar-refractivity contribution in [2.75, 3.05) is 20.2 Å². The highest BCUT2D eigenvalue weighted by molar-refractivity contribution is 5.38. The first-order valence-corrected chi connectivity index (χ1v) is 6.29. The van der Waals surface area contributed by atoms with E-state index in [0.717, 1.165) is 19.4 Å². The van der Waals surface area contributed by atoms with Gasteiger partial charge in [0.15, 0.2) is 0 Å². The SMILES string of the molecule is COc1ccc(F)cc1C(C)(F)C1CCCNC1. The second-order valence-corrected chi connectivity index (χ2v) is 4.96. The average molecular weight is 255 g/mol. The van der Waals surface area contributed by atoms with E-state index in [-0.39, 0.29) is 5.92 Å². The quantitative estimate of drug-likeness (QED) is 0.896. The van der Waals surface area contributed by atoms with Crippen molar-refractivity contribution in [2.24, 2.45) is 5.92 Å². The number of ether oxygens (including phenoxy) is 1. The van der Waals surface area contributed by atoms with Crippen LogP contribution in [-0.2, 0) is 5.67 Å². The van der Waals surface area contributed by atoms with Crippen molar-refractivity contribution in [3.05, 3.63) is 29.6 Å². The number of alkyl halides is 1. The summed E-state index contributed by atoms with van der Waals surface area (Å²) >= 11 is 0. The van der Waals surface area contributed by atoms with Crippen LogP contribution in [0.15, 0.2) is 18.2 Å². The van der Waals surface area contributed by atoms with Crippen LogP contribution in [0.1, 0.15) is 25.3 Å². The molecule has 1 aromatic rings. The highest BCUT2D eigenvalue weighted by Gasteiger charge is 2.39. The molecule has 0 radical (unpaired) electrons. The summed E-state index contributed by atoms with van der Waals surface area (Å²) in [5.41, 5.74) is -1.28. The van der Waals surface area contributed by atoms with Crippen LogP contribution < -0.4 is 10.1 Å². The van der Waals surface area contributed by atoms with Crippen LogP contribution in [0.25, 0.3) is 0 Å². The molecule has 1 N–H and O–H groups in total. The monoisotopic (exact) mass is 255 g/mol. The van der Waals surface area contributed by atoms with Gasteiger partial charge in [0, 0.05) is 18.0 Å². The Hall–Kier alpha value is -1.16. The Morgan fingerprint density at radius 3 is 2.83 bits per heavy atom. The zero-order valence-corrected chi connectivity index (χ0v) is 10.8. The lowest BCUT2D eigenvalue weighted by Crippen LogP contribution is -2.40. The van der Waals surface area contributed by atoms with Crippen molar-refractivity contribution in [1.29, 1.82) is 0 Å². The molecule has 1 aliphatic heterocycles. The van der Waals surface area contributed by atoms with Crippen molar-refractivity contribution in [1.82, 2.24) is 5.32 Å². The maximum atomic E-state index is 15.0. The molecule has 1 aromatic carbocycles. The highest BCUT2D eigenvalue weighted by Crippen LogP contribution is 2.41. The molecule has 2 atom stereocenters. The third-order valence-corrected chi connectivity index (χ3v) is 3.75. The molecule has 2 nitrogen and oxygen atoms in total. The lowest BCUT2D eigenvalue weighted by atomic mass is 9.80. The summed E-state index contributed by atoms with van der Waals surface area (Å²) in [5.74, 6) is -0.174. The van der Waals surface area contributed by atoms with Gasteiger partial charge >= 0.3 is 0 Å². The highest BCUT2D eigenvalue weighted by atomic mass is 19.1. The molecule has 2 unspecified atom stereocenters. The predicted octanol–water partition coefficient (Wildman–Crippen LogP) is 3.02. The lowest BCUT2D eigenvalue weighted by molar-refractivity contribution is 0.0779. The van der Waals surface area contributed by atoms with Crippen molar-refractivity contribution in [3.63, 3.8) is 0 Å². The molecular formula is C14H19F2NO. The molecule has 2 rings (SSSR count). The number of piperidine rings is 1. The van der Waals surface area contributed by atoms with E-state index in [9.17, 15) is 4.39 Å². The summed E-state index contributed by atoms with van der Waals surface area (Å²) in [6.07, 6.45) is 1.75. The number of halogens is 2. The van der Waals surface area contributed by atoms with Crippen LogP contribution in [0.5, 0.6) is 5.75 Å². The number of benzene rings is 1. The van der Waals surface area contributed by atoms with Crippen LogP contribution in [0.2, 0.25) is 0 Å². The third kappa shape index (κ3) is 2.48. The van der Waals surface area contributed by atoms with Crippen molar-refractivity contribution in [2.45, 2.75) is 25.4 Å². The van der Waals surface area contributed by atoms with Gasteiger partial charge in [0.2, 0.25) is 0 Å². The minimum absolute atomic E-state index is 0.151. The normalized spacial score (nSPS) is 23.4. The van der Waals surface area contributed by atoms with Crippen LogP contribution in [0, 0.1) is 11.7 Å². The molecule has 0 bridgehead atoms. The summed E-state index contributed by atoms with van der Waals surface area (Å²) in [6, 6.07) is 4.02. The van der Waals surface area contributed by atoms with Crippen molar-refractivity contribution < 1.29 is 13.5 Å². The summed E-state index contributed by atoms with van der Waals surface area (Å²) in [6.45, 7) is 3.06. The molecule has 0 amide bonds. The van der Waals surface area contributed by atoms with Crippen LogP contribution in [0.4, 0.5) is 8.78 Å². The van der Waals surface area contributed by atoms with Gasteiger partial charge < -0.3 is 10.1 Å². The number of hydrogen-bond acceptors (Lipinski definition) is 2. The molecule has 1 heterocycles. The van der Waals surface area contributed by atoms with E-state index in [0.29, 0.717) is 17.9 Å². The van der Waals surface area contributed by atoms with Gasteiger partial charge in [-0.2, -0.15) is 0 Å². The van der Waals surface area contributed by atoms with E-state index in [1.165, 1.54) is 32.2 Å². The Kier molecular flexibility index (Phi) is 3.85. The Morgan fingerprint density at radius 1 is 1.44 bits per heavy atom. The fourth-order valence-electron chi connectivity index (χ4n) is 2.60. The fourth-order valence-corrected chi connectivity index (χ4v) is 2.60. The lowest BCUT2D eigenvalue weighted by Gasteiger charge is -2.34. The smallest absolute Gasteiger partial charge is 0.140 e. The van der Waals surface area contributed by atoms with Gasteiger partial charge in [0.1, 0.15) is 17.2 Å². The fraction of sp³-hybridized carbons (Fsp3) is 0.571. The molecule has 0 aliphatic carbocycles. The van der Waals surface area contributed by atoms with Crippen molar-refractivity contribution >= 4 is 0 Å². The molecule has 1 aliphatic rings. The molecule has 0 spiro atoms. The molecule has 1 saturated heterocycles. The maximum Gasteiger partial charge on any atom is 0.140 e. The van der Waals surface area contributed by atoms with Gasteiger partial charge in [-0.15, -0.1) is 0 Å². The third-order valence-electron chi connectivity index (χ3n) is 3.75. The summed E-state index contributed by atoms with van der Waals surface area (Å²) in [7, 11) is 1.48. The molecule has 18 heavy (non-hydrogen) atoms. The van der Waals surface area contributed by atoms with Crippen molar-refractivity contribution in [3.8, 4) is 5.75 Å². The number of methoxy groups -OCH3 is 1. The van der Waals surface area contributed by atoms with Gasteiger partial charge in [0.05, 0.1) is 7.11 Å². The number of rotatable bonds is 3. The Morgan fingerprint density at radius 2 is 2.22 bits per heavy atom. The first-order chi connectivity index (χ1) is 8.55. The minimum Gasteiger partial charge on any atom is -0.496 e. The van der Waals surface area contributed by atoms with E-state index >= 15 is 4.39 Å². The first kappa shape index (κ1) is 13.3. The molecule has 0 aromatic heterocycles. The van der Waals surface area contributed by atoms with Gasteiger partial charge in [-0.1, -0.05) is 0 Å². The second kappa shape index (κ2) is 5.22. The number of nitrogens with one attached hydrogen (secondary N) is 1. The Bertz CT molecular complexity index is 414. The molecule has 1 fully saturated rings. The van der Waals surface area contributed by atoms with E-state index in [1.807, 2.05) is 0 Å².